The third-order valence-electron chi connectivity index (χ3n) is 2.91. The van der Waals surface area contributed by atoms with Crippen molar-refractivity contribution in [2.75, 3.05) is 35.5 Å². The maximum absolute atomic E-state index is 11.8. The molecule has 0 saturated carbocycles. The van der Waals surface area contributed by atoms with E-state index in [-0.39, 0.29) is 5.97 Å². The highest BCUT2D eigenvalue weighted by Crippen LogP contribution is 2.43. The molecule has 0 aliphatic rings. The maximum Gasteiger partial charge on any atom is 0.337 e. The summed E-state index contributed by atoms with van der Waals surface area (Å²) in [4.78, 5) is 11.8. The van der Waals surface area contributed by atoms with Gasteiger partial charge in [0.25, 0.3) is 0 Å². The smallest absolute Gasteiger partial charge is 0.337 e. The quantitative estimate of drug-likeness (QED) is 0.501. The van der Waals surface area contributed by atoms with Gasteiger partial charge in [-0.1, -0.05) is 6.07 Å². The Morgan fingerprint density at radius 2 is 1.23 bits per heavy atom. The monoisotopic (exact) mass is 348 g/mol. The van der Waals surface area contributed by atoms with Gasteiger partial charge < -0.3 is 22.8 Å². The second-order valence-corrected chi connectivity index (χ2v) is 7.67. The number of benzene rings is 1. The molecule has 0 heterocycles. The Kier molecular flexibility index (Phi) is 9.03. The number of rotatable bonds is 9. The molecule has 1 aromatic carbocycles. The van der Waals surface area contributed by atoms with E-state index >= 15 is 0 Å². The summed E-state index contributed by atoms with van der Waals surface area (Å²) in [5, 5.41) is 0. The first-order valence-electron chi connectivity index (χ1n) is 6.50. The molecule has 0 aromatic heterocycles. The van der Waals surface area contributed by atoms with E-state index in [2.05, 4.69) is 0 Å². The van der Waals surface area contributed by atoms with E-state index < -0.39 is 16.8 Å². The van der Waals surface area contributed by atoms with E-state index in [1.807, 2.05) is 6.07 Å². The second kappa shape index (κ2) is 10.2. The topological polar surface area (TPSA) is 63.2 Å². The van der Waals surface area contributed by atoms with Crippen LogP contribution in [0.5, 0.6) is 0 Å². The van der Waals surface area contributed by atoms with Crippen molar-refractivity contribution in [1.82, 2.24) is 0 Å². The molecule has 22 heavy (non-hydrogen) atoms. The van der Waals surface area contributed by atoms with E-state index in [4.69, 9.17) is 22.8 Å². The number of methoxy groups -OCH3 is 1. The normalized spacial score (nSPS) is 11.2. The van der Waals surface area contributed by atoms with Crippen LogP contribution in [-0.2, 0) is 35.2 Å². The zero-order valence-corrected chi connectivity index (χ0v) is 15.3. The molecule has 0 amide bonds. The molecule has 8 heteroatoms. The van der Waals surface area contributed by atoms with Gasteiger partial charge in [0.05, 0.1) is 12.7 Å². The van der Waals surface area contributed by atoms with E-state index in [9.17, 15) is 4.79 Å². The van der Waals surface area contributed by atoms with Gasteiger partial charge in [-0.2, -0.15) is 0 Å². The van der Waals surface area contributed by atoms with Gasteiger partial charge in [0.1, 0.15) is 0 Å². The summed E-state index contributed by atoms with van der Waals surface area (Å²) in [6.45, 7) is 0. The highest BCUT2D eigenvalue weighted by Gasteiger charge is 2.15. The van der Waals surface area contributed by atoms with Gasteiger partial charge in [-0.3, -0.25) is 0 Å². The summed E-state index contributed by atoms with van der Waals surface area (Å²) in [6, 6.07) is 5.60. The summed E-state index contributed by atoms with van der Waals surface area (Å²) in [5.41, 5.74) is 2.41. The van der Waals surface area contributed by atoms with Gasteiger partial charge in [-0.05, 0) is 23.3 Å². The fourth-order valence-corrected chi connectivity index (χ4v) is 3.66. The molecule has 0 bridgehead atoms. The van der Waals surface area contributed by atoms with Crippen molar-refractivity contribution in [3.05, 3.63) is 34.9 Å². The molecule has 0 radical (unpaired) electrons. The Morgan fingerprint density at radius 3 is 1.55 bits per heavy atom. The van der Waals surface area contributed by atoms with Gasteiger partial charge >= 0.3 is 5.97 Å². The van der Waals surface area contributed by atoms with E-state index in [1.165, 1.54) is 7.11 Å². The van der Waals surface area contributed by atoms with Crippen molar-refractivity contribution in [1.29, 1.82) is 0 Å². The highest BCUT2D eigenvalue weighted by atomic mass is 31.2. The minimum atomic E-state index is -1.02. The number of carbonyl (C=O) groups is 1. The van der Waals surface area contributed by atoms with E-state index in [0.29, 0.717) is 17.9 Å². The minimum Gasteiger partial charge on any atom is -0.465 e. The summed E-state index contributed by atoms with van der Waals surface area (Å²) in [6.07, 6.45) is 1.19. The number of hydrogen-bond donors (Lipinski definition) is 0. The molecule has 0 fully saturated rings. The predicted octanol–water partition coefficient (Wildman–Crippen LogP) is 3.68. The lowest BCUT2D eigenvalue weighted by molar-refractivity contribution is 0.0600. The Hall–Kier alpha value is -0.610. The molecule has 0 spiro atoms. The van der Waals surface area contributed by atoms with Crippen molar-refractivity contribution >= 4 is 22.7 Å². The van der Waals surface area contributed by atoms with Crippen LogP contribution >= 0.6 is 16.8 Å². The predicted molar refractivity (Wildman–Crippen MR) is 87.1 cm³/mol. The van der Waals surface area contributed by atoms with Crippen LogP contribution in [0.15, 0.2) is 18.2 Å². The Morgan fingerprint density at radius 1 is 0.818 bits per heavy atom. The van der Waals surface area contributed by atoms with Crippen LogP contribution in [-0.4, -0.2) is 41.5 Å². The van der Waals surface area contributed by atoms with Crippen molar-refractivity contribution < 1.29 is 27.6 Å². The molecular formula is C14H22O6P2. The fourth-order valence-electron chi connectivity index (χ4n) is 1.89. The molecule has 0 N–H and O–H groups in total. The Labute approximate surface area is 133 Å². The zero-order valence-electron chi connectivity index (χ0n) is 13.5. The van der Waals surface area contributed by atoms with E-state index in [1.54, 1.807) is 40.6 Å². The molecule has 0 unspecified atom stereocenters. The lowest BCUT2D eigenvalue weighted by Crippen LogP contribution is -2.04. The SMILES string of the molecule is COC(=O)c1cc(CP(OC)OC)cc(CP(OC)OC)c1. The van der Waals surface area contributed by atoms with Crippen LogP contribution in [0.1, 0.15) is 21.5 Å². The lowest BCUT2D eigenvalue weighted by Gasteiger charge is -2.16. The number of ether oxygens (including phenoxy) is 1. The van der Waals surface area contributed by atoms with Crippen LogP contribution in [0.25, 0.3) is 0 Å². The average molecular weight is 348 g/mol. The largest absolute Gasteiger partial charge is 0.465 e. The molecule has 0 atom stereocenters. The first-order valence-corrected chi connectivity index (χ1v) is 9.23. The summed E-state index contributed by atoms with van der Waals surface area (Å²) in [7, 11) is 5.75. The van der Waals surface area contributed by atoms with Gasteiger partial charge in [-0.15, -0.1) is 0 Å². The minimum absolute atomic E-state index is 0.374. The van der Waals surface area contributed by atoms with E-state index in [0.717, 1.165) is 11.1 Å². The zero-order chi connectivity index (χ0) is 16.5. The van der Waals surface area contributed by atoms with Crippen molar-refractivity contribution in [2.24, 2.45) is 0 Å². The van der Waals surface area contributed by atoms with Gasteiger partial charge in [-0.25, -0.2) is 4.79 Å². The van der Waals surface area contributed by atoms with Gasteiger partial charge in [0.2, 0.25) is 0 Å². The van der Waals surface area contributed by atoms with Crippen molar-refractivity contribution in [3.63, 3.8) is 0 Å². The first kappa shape index (κ1) is 19.4. The molecule has 124 valence electrons. The number of hydrogen-bond acceptors (Lipinski definition) is 6. The average Bonchev–Trinajstić information content (AvgIpc) is 2.56. The van der Waals surface area contributed by atoms with Crippen LogP contribution in [0.2, 0.25) is 0 Å². The van der Waals surface area contributed by atoms with Gasteiger partial charge in [0.15, 0.2) is 16.8 Å². The molecule has 1 rings (SSSR count). The van der Waals surface area contributed by atoms with Crippen molar-refractivity contribution in [2.45, 2.75) is 12.3 Å². The summed E-state index contributed by atoms with van der Waals surface area (Å²) < 4.78 is 25.9. The molecule has 1 aromatic rings. The molecule has 6 nitrogen and oxygen atoms in total. The molecule has 0 aliphatic carbocycles. The standard InChI is InChI=1S/C14H22O6P2/c1-16-14(15)13-7-11(9-21(17-2)18-3)6-12(8-13)10-22(19-4)20-5/h6-8H,9-10H2,1-5H3. The number of esters is 1. The van der Waals surface area contributed by atoms with Crippen LogP contribution in [0.3, 0.4) is 0 Å². The van der Waals surface area contributed by atoms with Gasteiger partial charge in [0, 0.05) is 40.8 Å². The maximum atomic E-state index is 11.8. The van der Waals surface area contributed by atoms with Crippen molar-refractivity contribution in [3.8, 4) is 0 Å². The Bertz CT molecular complexity index is 442. The third-order valence-corrected chi connectivity index (χ3v) is 5.79. The Balaban J connectivity index is 3.07. The van der Waals surface area contributed by atoms with Crippen LogP contribution < -0.4 is 0 Å². The third kappa shape index (κ3) is 5.88. The van der Waals surface area contributed by atoms with Crippen LogP contribution in [0.4, 0.5) is 0 Å². The summed E-state index contributed by atoms with van der Waals surface area (Å²) >= 11 is 0. The molecular weight excluding hydrogens is 326 g/mol. The molecule has 0 aliphatic heterocycles. The number of carbonyl (C=O) groups excluding carboxylic acids is 1. The highest BCUT2D eigenvalue weighted by molar-refractivity contribution is 7.46. The second-order valence-electron chi connectivity index (χ2n) is 4.24. The lowest BCUT2D eigenvalue weighted by atomic mass is 10.1. The molecule has 0 saturated heterocycles. The first-order chi connectivity index (χ1) is 10.6. The summed E-state index contributed by atoms with van der Waals surface area (Å²) in [5.74, 6) is -0.374. The fraction of sp³-hybridized carbons (Fsp3) is 0.500. The van der Waals surface area contributed by atoms with Crippen LogP contribution in [0, 0.1) is 0 Å².